The van der Waals surface area contributed by atoms with Crippen molar-refractivity contribution in [3.05, 3.63) is 59.4 Å². The molecule has 0 fully saturated rings. The number of ether oxygens (including phenoxy) is 1. The van der Waals surface area contributed by atoms with Gasteiger partial charge in [0.2, 0.25) is 5.91 Å². The van der Waals surface area contributed by atoms with Gasteiger partial charge in [-0.15, -0.1) is 0 Å². The molecule has 2 rings (SSSR count). The number of rotatable bonds is 5. The largest absolute Gasteiger partial charge is 0.497 e. The normalized spacial score (nSPS) is 9.84. The molecule has 25 heavy (non-hydrogen) atoms. The third-order valence-corrected chi connectivity index (χ3v) is 3.35. The Labute approximate surface area is 144 Å². The lowest BCUT2D eigenvalue weighted by Crippen LogP contribution is -2.41. The highest BCUT2D eigenvalue weighted by Crippen LogP contribution is 2.09. The molecule has 0 saturated carbocycles. The molecule has 1 aromatic heterocycles. The van der Waals surface area contributed by atoms with Gasteiger partial charge in [-0.1, -0.05) is 12.1 Å². The fraction of sp³-hybridized carbons (Fsp3) is 0.176. The average molecular weight is 342 g/mol. The number of likely N-dealkylation sites (N-methyl/N-ethyl adjacent to an activating group) is 1. The lowest BCUT2D eigenvalue weighted by atomic mass is 10.1. The summed E-state index contributed by atoms with van der Waals surface area (Å²) in [6, 6.07) is 9.56. The Balaban J connectivity index is 1.93. The third kappa shape index (κ3) is 5.03. The first-order valence-corrected chi connectivity index (χ1v) is 7.43. The van der Waals surface area contributed by atoms with Crippen LogP contribution in [-0.4, -0.2) is 36.9 Å². The maximum absolute atomic E-state index is 12.0. The standard InChI is InChI=1S/C17H18N4O4/c1-18-15(22)9-11-3-5-12(6-4-11)16(23)20-21-17(24)14-10-13(25-2)7-8-19-14/h3-8,10H,9H2,1-2H3,(H,18,22)(H,20,23)(H,21,24). The van der Waals surface area contributed by atoms with E-state index >= 15 is 0 Å². The summed E-state index contributed by atoms with van der Waals surface area (Å²) in [6.07, 6.45) is 1.66. The van der Waals surface area contributed by atoms with E-state index in [1.165, 1.54) is 19.4 Å². The van der Waals surface area contributed by atoms with Crippen LogP contribution in [0.15, 0.2) is 42.6 Å². The van der Waals surface area contributed by atoms with Crippen molar-refractivity contribution >= 4 is 17.7 Å². The minimum atomic E-state index is -0.566. The van der Waals surface area contributed by atoms with Gasteiger partial charge in [0.1, 0.15) is 11.4 Å². The Bertz CT molecular complexity index is 774. The van der Waals surface area contributed by atoms with Gasteiger partial charge >= 0.3 is 0 Å². The quantitative estimate of drug-likeness (QED) is 0.684. The summed E-state index contributed by atoms with van der Waals surface area (Å²) in [5, 5.41) is 2.53. The molecule has 1 heterocycles. The first-order chi connectivity index (χ1) is 12.0. The molecule has 3 N–H and O–H groups in total. The van der Waals surface area contributed by atoms with Crippen molar-refractivity contribution in [3.63, 3.8) is 0 Å². The van der Waals surface area contributed by atoms with Gasteiger partial charge < -0.3 is 10.1 Å². The van der Waals surface area contributed by atoms with E-state index in [2.05, 4.69) is 21.2 Å². The van der Waals surface area contributed by atoms with E-state index in [0.717, 1.165) is 5.56 Å². The number of carbonyl (C=O) groups excluding carboxylic acids is 3. The van der Waals surface area contributed by atoms with Crippen molar-refractivity contribution in [1.82, 2.24) is 21.2 Å². The molecule has 0 bridgehead atoms. The molecule has 0 saturated heterocycles. The number of nitrogens with zero attached hydrogens (tertiary/aromatic N) is 1. The van der Waals surface area contributed by atoms with Gasteiger partial charge in [0, 0.05) is 24.9 Å². The molecule has 3 amide bonds. The van der Waals surface area contributed by atoms with Gasteiger partial charge in [0.05, 0.1) is 13.5 Å². The number of nitrogens with one attached hydrogen (secondary N) is 3. The minimum Gasteiger partial charge on any atom is -0.497 e. The van der Waals surface area contributed by atoms with Crippen molar-refractivity contribution in [2.24, 2.45) is 0 Å². The second-order valence-electron chi connectivity index (χ2n) is 5.04. The average Bonchev–Trinajstić information content (AvgIpc) is 2.66. The lowest BCUT2D eigenvalue weighted by molar-refractivity contribution is -0.119. The van der Waals surface area contributed by atoms with Crippen molar-refractivity contribution < 1.29 is 19.1 Å². The fourth-order valence-corrected chi connectivity index (χ4v) is 1.96. The Morgan fingerprint density at radius 3 is 2.36 bits per heavy atom. The molecule has 0 aliphatic rings. The maximum atomic E-state index is 12.0. The fourth-order valence-electron chi connectivity index (χ4n) is 1.96. The molecule has 8 nitrogen and oxygen atoms in total. The Morgan fingerprint density at radius 1 is 1.04 bits per heavy atom. The summed E-state index contributed by atoms with van der Waals surface area (Å²) >= 11 is 0. The second kappa shape index (κ2) is 8.44. The van der Waals surface area contributed by atoms with Crippen LogP contribution in [0.2, 0.25) is 0 Å². The summed E-state index contributed by atoms with van der Waals surface area (Å²) < 4.78 is 5.01. The van der Waals surface area contributed by atoms with Crippen LogP contribution in [0, 0.1) is 0 Å². The summed E-state index contributed by atoms with van der Waals surface area (Å²) in [4.78, 5) is 39.2. The van der Waals surface area contributed by atoms with E-state index in [1.807, 2.05) is 0 Å². The van der Waals surface area contributed by atoms with Crippen LogP contribution in [0.4, 0.5) is 0 Å². The number of pyridine rings is 1. The van der Waals surface area contributed by atoms with Gasteiger partial charge in [0.15, 0.2) is 0 Å². The summed E-state index contributed by atoms with van der Waals surface area (Å²) in [5.74, 6) is -0.681. The minimum absolute atomic E-state index is 0.112. The van der Waals surface area contributed by atoms with Crippen LogP contribution in [0.5, 0.6) is 5.75 Å². The highest BCUT2D eigenvalue weighted by molar-refractivity contribution is 5.98. The molecule has 0 unspecified atom stereocenters. The van der Waals surface area contributed by atoms with Crippen LogP contribution in [0.3, 0.4) is 0 Å². The summed E-state index contributed by atoms with van der Waals surface area (Å²) in [5.41, 5.74) is 5.83. The van der Waals surface area contributed by atoms with Gasteiger partial charge in [-0.25, -0.2) is 0 Å². The van der Waals surface area contributed by atoms with E-state index in [-0.39, 0.29) is 18.0 Å². The Hall–Kier alpha value is -3.42. The molecule has 0 spiro atoms. The maximum Gasteiger partial charge on any atom is 0.288 e. The lowest BCUT2D eigenvalue weighted by Gasteiger charge is -2.08. The third-order valence-electron chi connectivity index (χ3n) is 3.35. The highest BCUT2D eigenvalue weighted by Gasteiger charge is 2.11. The predicted octanol–water partition coefficient (Wildman–Crippen LogP) is 0.454. The molecule has 130 valence electrons. The van der Waals surface area contributed by atoms with Crippen molar-refractivity contribution in [2.75, 3.05) is 14.2 Å². The molecule has 0 aliphatic heterocycles. The SMILES string of the molecule is CNC(=O)Cc1ccc(C(=O)NNC(=O)c2cc(OC)ccn2)cc1. The van der Waals surface area contributed by atoms with E-state index in [0.29, 0.717) is 11.3 Å². The highest BCUT2D eigenvalue weighted by atomic mass is 16.5. The molecule has 8 heteroatoms. The monoisotopic (exact) mass is 342 g/mol. The van der Waals surface area contributed by atoms with Gasteiger partial charge in [-0.2, -0.15) is 0 Å². The van der Waals surface area contributed by atoms with E-state index in [4.69, 9.17) is 4.74 Å². The van der Waals surface area contributed by atoms with Crippen LogP contribution in [0.1, 0.15) is 26.4 Å². The number of aromatic nitrogens is 1. The molecule has 0 atom stereocenters. The first-order valence-electron chi connectivity index (χ1n) is 7.43. The van der Waals surface area contributed by atoms with Crippen LogP contribution in [0.25, 0.3) is 0 Å². The zero-order valence-electron chi connectivity index (χ0n) is 13.8. The molecule has 2 aromatic rings. The Kier molecular flexibility index (Phi) is 6.05. The van der Waals surface area contributed by atoms with Gasteiger partial charge in [-0.3, -0.25) is 30.2 Å². The predicted molar refractivity (Wildman–Crippen MR) is 89.9 cm³/mol. The summed E-state index contributed by atoms with van der Waals surface area (Å²) in [7, 11) is 3.04. The number of methoxy groups -OCH3 is 1. The van der Waals surface area contributed by atoms with Gasteiger partial charge in [0.25, 0.3) is 11.8 Å². The molecular formula is C17H18N4O4. The van der Waals surface area contributed by atoms with Crippen LogP contribution >= 0.6 is 0 Å². The van der Waals surface area contributed by atoms with Gasteiger partial charge in [-0.05, 0) is 23.8 Å². The van der Waals surface area contributed by atoms with Crippen LogP contribution < -0.4 is 20.9 Å². The zero-order valence-corrected chi connectivity index (χ0v) is 13.8. The topological polar surface area (TPSA) is 109 Å². The molecular weight excluding hydrogens is 324 g/mol. The number of hydrazine groups is 1. The van der Waals surface area contributed by atoms with E-state index < -0.39 is 11.8 Å². The number of carbonyl (C=O) groups is 3. The van der Waals surface area contributed by atoms with E-state index in [1.54, 1.807) is 37.4 Å². The number of benzene rings is 1. The molecule has 1 aromatic carbocycles. The Morgan fingerprint density at radius 2 is 1.72 bits per heavy atom. The smallest absolute Gasteiger partial charge is 0.288 e. The molecule has 0 radical (unpaired) electrons. The molecule has 0 aliphatic carbocycles. The van der Waals surface area contributed by atoms with E-state index in [9.17, 15) is 14.4 Å². The first kappa shape index (κ1) is 17.9. The van der Waals surface area contributed by atoms with Crippen molar-refractivity contribution in [1.29, 1.82) is 0 Å². The number of hydrogen-bond donors (Lipinski definition) is 3. The summed E-state index contributed by atoms with van der Waals surface area (Å²) in [6.45, 7) is 0. The number of amides is 3. The van der Waals surface area contributed by atoms with Crippen LogP contribution in [-0.2, 0) is 11.2 Å². The van der Waals surface area contributed by atoms with Crippen molar-refractivity contribution in [3.8, 4) is 5.75 Å². The zero-order chi connectivity index (χ0) is 18.2. The number of hydrogen-bond acceptors (Lipinski definition) is 5. The second-order valence-corrected chi connectivity index (χ2v) is 5.04. The van der Waals surface area contributed by atoms with Crippen molar-refractivity contribution in [2.45, 2.75) is 6.42 Å².